The predicted molar refractivity (Wildman–Crippen MR) is 80.4 cm³/mol. The third-order valence-corrected chi connectivity index (χ3v) is 4.02. The first kappa shape index (κ1) is 16.3. The van der Waals surface area contributed by atoms with E-state index in [1.54, 1.807) is 0 Å². The summed E-state index contributed by atoms with van der Waals surface area (Å²) in [7, 11) is 0. The summed E-state index contributed by atoms with van der Waals surface area (Å²) in [5.41, 5.74) is 0. The van der Waals surface area contributed by atoms with Crippen LogP contribution in [0.15, 0.2) is 0 Å². The van der Waals surface area contributed by atoms with Gasteiger partial charge in [0.1, 0.15) is 0 Å². The van der Waals surface area contributed by atoms with E-state index in [-0.39, 0.29) is 12.1 Å². The van der Waals surface area contributed by atoms with Crippen molar-refractivity contribution < 1.29 is 4.79 Å². The molecule has 1 unspecified atom stereocenters. The van der Waals surface area contributed by atoms with Gasteiger partial charge < -0.3 is 15.1 Å². The SMILES string of the molecule is CCN(CC)CCCC(C)NC(=O)N1CCCCC1. The molecule has 0 aliphatic carbocycles. The molecule has 1 N–H and O–H groups in total. The van der Waals surface area contributed by atoms with Crippen LogP contribution in [0, 0.1) is 0 Å². The van der Waals surface area contributed by atoms with Gasteiger partial charge in [0.15, 0.2) is 0 Å². The summed E-state index contributed by atoms with van der Waals surface area (Å²) in [5.74, 6) is 0. The molecule has 1 heterocycles. The number of nitrogens with zero attached hydrogens (tertiary/aromatic N) is 2. The zero-order valence-electron chi connectivity index (χ0n) is 13.0. The van der Waals surface area contributed by atoms with Gasteiger partial charge in [-0.25, -0.2) is 4.79 Å². The minimum absolute atomic E-state index is 0.134. The van der Waals surface area contributed by atoms with Crippen LogP contribution in [0.25, 0.3) is 0 Å². The largest absolute Gasteiger partial charge is 0.336 e. The zero-order chi connectivity index (χ0) is 14.1. The molecule has 0 radical (unpaired) electrons. The number of piperidine rings is 1. The van der Waals surface area contributed by atoms with Crippen LogP contribution in [0.1, 0.15) is 52.9 Å². The van der Waals surface area contributed by atoms with Crippen LogP contribution in [0.5, 0.6) is 0 Å². The molecule has 19 heavy (non-hydrogen) atoms. The number of nitrogens with one attached hydrogen (secondary N) is 1. The van der Waals surface area contributed by atoms with Crippen molar-refractivity contribution in [3.63, 3.8) is 0 Å². The normalized spacial score (nSPS) is 17.6. The highest BCUT2D eigenvalue weighted by molar-refractivity contribution is 5.74. The monoisotopic (exact) mass is 269 g/mol. The Kier molecular flexibility index (Phi) is 7.87. The summed E-state index contributed by atoms with van der Waals surface area (Å²) in [5, 5.41) is 3.13. The van der Waals surface area contributed by atoms with Crippen LogP contribution in [-0.2, 0) is 0 Å². The van der Waals surface area contributed by atoms with Gasteiger partial charge in [-0.15, -0.1) is 0 Å². The second-order valence-corrected chi connectivity index (χ2v) is 5.57. The van der Waals surface area contributed by atoms with Crippen molar-refractivity contribution in [2.45, 2.75) is 58.9 Å². The molecule has 1 saturated heterocycles. The van der Waals surface area contributed by atoms with E-state index in [4.69, 9.17) is 0 Å². The van der Waals surface area contributed by atoms with Crippen LogP contribution < -0.4 is 5.32 Å². The molecule has 0 aromatic heterocycles. The molecule has 0 aromatic carbocycles. The van der Waals surface area contributed by atoms with Gasteiger partial charge in [-0.05, 0) is 58.7 Å². The summed E-state index contributed by atoms with van der Waals surface area (Å²) < 4.78 is 0. The van der Waals surface area contributed by atoms with Crippen molar-refractivity contribution in [2.75, 3.05) is 32.7 Å². The van der Waals surface area contributed by atoms with Gasteiger partial charge in [-0.2, -0.15) is 0 Å². The lowest BCUT2D eigenvalue weighted by molar-refractivity contribution is 0.182. The number of hydrogen-bond acceptors (Lipinski definition) is 2. The van der Waals surface area contributed by atoms with Gasteiger partial charge in [0.2, 0.25) is 0 Å². The van der Waals surface area contributed by atoms with Crippen molar-refractivity contribution >= 4 is 6.03 Å². The summed E-state index contributed by atoms with van der Waals surface area (Å²) in [4.78, 5) is 16.4. The average molecular weight is 269 g/mol. The maximum atomic E-state index is 12.0. The minimum atomic E-state index is 0.134. The Bertz CT molecular complexity index is 248. The molecule has 1 fully saturated rings. The molecule has 4 heteroatoms. The first-order valence-electron chi connectivity index (χ1n) is 7.95. The summed E-state index contributed by atoms with van der Waals surface area (Å²) in [6.45, 7) is 11.7. The van der Waals surface area contributed by atoms with E-state index >= 15 is 0 Å². The number of hydrogen-bond donors (Lipinski definition) is 1. The molecule has 1 rings (SSSR count). The molecule has 4 nitrogen and oxygen atoms in total. The molecule has 112 valence electrons. The molecule has 2 amide bonds. The Balaban J connectivity index is 2.15. The molecule has 1 aliphatic heterocycles. The third kappa shape index (κ3) is 6.28. The average Bonchev–Trinajstić information content (AvgIpc) is 2.44. The third-order valence-electron chi connectivity index (χ3n) is 4.02. The van der Waals surface area contributed by atoms with Crippen LogP contribution in [-0.4, -0.2) is 54.6 Å². The Morgan fingerprint density at radius 3 is 2.42 bits per heavy atom. The summed E-state index contributed by atoms with van der Waals surface area (Å²) in [6, 6.07) is 0.417. The fourth-order valence-electron chi connectivity index (χ4n) is 2.63. The van der Waals surface area contributed by atoms with Gasteiger partial charge in [-0.3, -0.25) is 0 Å². The Morgan fingerprint density at radius 2 is 1.84 bits per heavy atom. The molecule has 0 saturated carbocycles. The van der Waals surface area contributed by atoms with Gasteiger partial charge in [0, 0.05) is 19.1 Å². The van der Waals surface area contributed by atoms with Crippen molar-refractivity contribution in [3.8, 4) is 0 Å². The quantitative estimate of drug-likeness (QED) is 0.771. The zero-order valence-corrected chi connectivity index (χ0v) is 13.0. The number of amides is 2. The Hall–Kier alpha value is -0.770. The van der Waals surface area contributed by atoms with Crippen molar-refractivity contribution in [1.29, 1.82) is 0 Å². The highest BCUT2D eigenvalue weighted by Crippen LogP contribution is 2.09. The van der Waals surface area contributed by atoms with E-state index in [2.05, 4.69) is 31.0 Å². The highest BCUT2D eigenvalue weighted by atomic mass is 16.2. The lowest BCUT2D eigenvalue weighted by Gasteiger charge is -2.28. The predicted octanol–water partition coefficient (Wildman–Crippen LogP) is 2.69. The first-order chi connectivity index (χ1) is 9.17. The number of likely N-dealkylation sites (tertiary alicyclic amines) is 1. The molecule has 0 bridgehead atoms. The molecular weight excluding hydrogens is 238 g/mol. The Morgan fingerprint density at radius 1 is 1.21 bits per heavy atom. The number of carbonyl (C=O) groups excluding carboxylic acids is 1. The molecule has 0 spiro atoms. The molecule has 1 atom stereocenters. The number of urea groups is 1. The highest BCUT2D eigenvalue weighted by Gasteiger charge is 2.17. The van der Waals surface area contributed by atoms with E-state index < -0.39 is 0 Å². The maximum Gasteiger partial charge on any atom is 0.317 e. The van der Waals surface area contributed by atoms with E-state index in [1.165, 1.54) is 6.42 Å². The molecule has 1 aliphatic rings. The fourth-order valence-corrected chi connectivity index (χ4v) is 2.63. The van der Waals surface area contributed by atoms with E-state index in [0.717, 1.165) is 58.4 Å². The van der Waals surface area contributed by atoms with Crippen molar-refractivity contribution in [2.24, 2.45) is 0 Å². The summed E-state index contributed by atoms with van der Waals surface area (Å²) in [6.07, 6.45) is 5.80. The second kappa shape index (κ2) is 9.18. The smallest absolute Gasteiger partial charge is 0.317 e. The van der Waals surface area contributed by atoms with Gasteiger partial charge >= 0.3 is 6.03 Å². The van der Waals surface area contributed by atoms with E-state index in [1.807, 2.05) is 4.90 Å². The fraction of sp³-hybridized carbons (Fsp3) is 0.933. The second-order valence-electron chi connectivity index (χ2n) is 5.57. The lowest BCUT2D eigenvalue weighted by Crippen LogP contribution is -2.46. The van der Waals surface area contributed by atoms with Gasteiger partial charge in [0.25, 0.3) is 0 Å². The van der Waals surface area contributed by atoms with Crippen molar-refractivity contribution in [3.05, 3.63) is 0 Å². The van der Waals surface area contributed by atoms with E-state index in [9.17, 15) is 4.79 Å². The number of carbonyl (C=O) groups is 1. The van der Waals surface area contributed by atoms with Crippen LogP contribution in [0.2, 0.25) is 0 Å². The van der Waals surface area contributed by atoms with Crippen LogP contribution in [0.4, 0.5) is 4.79 Å². The van der Waals surface area contributed by atoms with Gasteiger partial charge in [0.05, 0.1) is 0 Å². The lowest BCUT2D eigenvalue weighted by atomic mass is 10.1. The molecular formula is C15H31N3O. The topological polar surface area (TPSA) is 35.6 Å². The molecule has 0 aromatic rings. The standard InChI is InChI=1S/C15H31N3O/c1-4-17(5-2)11-9-10-14(3)16-15(19)18-12-7-6-8-13-18/h14H,4-13H2,1-3H3,(H,16,19). The van der Waals surface area contributed by atoms with Crippen LogP contribution >= 0.6 is 0 Å². The first-order valence-corrected chi connectivity index (χ1v) is 7.95. The number of rotatable bonds is 7. The van der Waals surface area contributed by atoms with Crippen molar-refractivity contribution in [1.82, 2.24) is 15.1 Å². The Labute approximate surface area is 118 Å². The summed E-state index contributed by atoms with van der Waals surface area (Å²) >= 11 is 0. The maximum absolute atomic E-state index is 12.0. The van der Waals surface area contributed by atoms with Crippen LogP contribution in [0.3, 0.4) is 0 Å². The minimum Gasteiger partial charge on any atom is -0.336 e. The van der Waals surface area contributed by atoms with E-state index in [0.29, 0.717) is 0 Å². The van der Waals surface area contributed by atoms with Gasteiger partial charge in [-0.1, -0.05) is 13.8 Å².